The van der Waals surface area contributed by atoms with Crippen LogP contribution in [-0.4, -0.2) is 24.6 Å². The highest BCUT2D eigenvalue weighted by Crippen LogP contribution is 2.36. The van der Waals surface area contributed by atoms with Crippen molar-refractivity contribution in [2.75, 3.05) is 13.2 Å². The van der Waals surface area contributed by atoms with Gasteiger partial charge in [0, 0.05) is 6.61 Å². The zero-order valence-corrected chi connectivity index (χ0v) is 10.4. The van der Waals surface area contributed by atoms with Crippen molar-refractivity contribution in [3.05, 3.63) is 10.5 Å². The summed E-state index contributed by atoms with van der Waals surface area (Å²) in [4.78, 5) is 12.3. The number of hydrogen-bond acceptors (Lipinski definition) is 4. The summed E-state index contributed by atoms with van der Waals surface area (Å²) in [5.74, 6) is -0.204. The maximum absolute atomic E-state index is 11.6. The molecular weight excluding hydrogens is 212 g/mol. The molecular formula is C11H18O3S. The molecule has 0 aromatic carbocycles. The summed E-state index contributed by atoms with van der Waals surface area (Å²) >= 11 is 1.50. The smallest absolute Gasteiger partial charge is 0.344 e. The van der Waals surface area contributed by atoms with Gasteiger partial charge < -0.3 is 9.47 Å². The SMILES string of the molecule is CCOC(=O)C1=C(C)CCC(OCC)S1. The van der Waals surface area contributed by atoms with E-state index in [1.54, 1.807) is 0 Å². The number of carbonyl (C=O) groups is 1. The van der Waals surface area contributed by atoms with Crippen LogP contribution in [0.1, 0.15) is 33.6 Å². The standard InChI is InChI=1S/C11H18O3S/c1-4-13-9-7-6-8(3)10(15-9)11(12)14-5-2/h9H,4-7H2,1-3H3. The largest absolute Gasteiger partial charge is 0.462 e. The lowest BCUT2D eigenvalue weighted by Gasteiger charge is -2.23. The predicted octanol–water partition coefficient (Wildman–Crippen LogP) is 2.71. The van der Waals surface area contributed by atoms with Crippen molar-refractivity contribution in [1.82, 2.24) is 0 Å². The van der Waals surface area contributed by atoms with Crippen molar-refractivity contribution in [2.45, 2.75) is 39.0 Å². The lowest BCUT2D eigenvalue weighted by molar-refractivity contribution is -0.137. The molecule has 0 aromatic heterocycles. The normalized spacial score (nSPS) is 21.7. The number of thioether (sulfide) groups is 1. The van der Waals surface area contributed by atoms with Gasteiger partial charge in [0.1, 0.15) is 5.44 Å². The van der Waals surface area contributed by atoms with Gasteiger partial charge in [-0.3, -0.25) is 0 Å². The molecule has 86 valence electrons. The minimum absolute atomic E-state index is 0.109. The van der Waals surface area contributed by atoms with E-state index in [4.69, 9.17) is 9.47 Å². The van der Waals surface area contributed by atoms with Gasteiger partial charge in [-0.2, -0.15) is 0 Å². The van der Waals surface area contributed by atoms with E-state index in [9.17, 15) is 4.79 Å². The molecule has 15 heavy (non-hydrogen) atoms. The molecule has 1 unspecified atom stereocenters. The van der Waals surface area contributed by atoms with Gasteiger partial charge in [0.15, 0.2) is 0 Å². The Balaban J connectivity index is 2.63. The number of ether oxygens (including phenoxy) is 2. The van der Waals surface area contributed by atoms with Gasteiger partial charge in [0.2, 0.25) is 0 Å². The van der Waals surface area contributed by atoms with Crippen molar-refractivity contribution in [2.24, 2.45) is 0 Å². The summed E-state index contributed by atoms with van der Waals surface area (Å²) in [5, 5.41) is 0. The predicted molar refractivity (Wildman–Crippen MR) is 61.6 cm³/mol. The third-order valence-corrected chi connectivity index (χ3v) is 3.59. The average Bonchev–Trinajstić information content (AvgIpc) is 2.21. The molecule has 0 N–H and O–H groups in total. The van der Waals surface area contributed by atoms with Crippen LogP contribution in [0.5, 0.6) is 0 Å². The highest BCUT2D eigenvalue weighted by Gasteiger charge is 2.25. The molecule has 0 radical (unpaired) electrons. The molecule has 0 fully saturated rings. The molecule has 1 aliphatic rings. The fourth-order valence-electron chi connectivity index (χ4n) is 1.46. The molecule has 0 aliphatic carbocycles. The maximum Gasteiger partial charge on any atom is 0.344 e. The Bertz CT molecular complexity index is 261. The monoisotopic (exact) mass is 230 g/mol. The molecule has 0 saturated carbocycles. The zero-order valence-electron chi connectivity index (χ0n) is 9.54. The van der Waals surface area contributed by atoms with E-state index in [1.165, 1.54) is 11.8 Å². The quantitative estimate of drug-likeness (QED) is 0.696. The van der Waals surface area contributed by atoms with Crippen LogP contribution in [0.15, 0.2) is 10.5 Å². The summed E-state index contributed by atoms with van der Waals surface area (Å²) in [6.45, 7) is 6.89. The van der Waals surface area contributed by atoms with E-state index >= 15 is 0 Å². The van der Waals surface area contributed by atoms with Crippen molar-refractivity contribution < 1.29 is 14.3 Å². The molecule has 1 heterocycles. The maximum atomic E-state index is 11.6. The molecule has 1 rings (SSSR count). The Morgan fingerprint density at radius 1 is 1.47 bits per heavy atom. The van der Waals surface area contributed by atoms with E-state index in [-0.39, 0.29) is 11.4 Å². The molecule has 0 bridgehead atoms. The van der Waals surface area contributed by atoms with E-state index < -0.39 is 0 Å². The fraction of sp³-hybridized carbons (Fsp3) is 0.727. The molecule has 0 aromatic rings. The first-order valence-electron chi connectivity index (χ1n) is 5.34. The first-order valence-corrected chi connectivity index (χ1v) is 6.22. The minimum Gasteiger partial charge on any atom is -0.462 e. The van der Waals surface area contributed by atoms with Gasteiger partial charge in [-0.1, -0.05) is 17.3 Å². The number of carbonyl (C=O) groups excluding carboxylic acids is 1. The molecule has 0 saturated heterocycles. The van der Waals surface area contributed by atoms with E-state index in [0.29, 0.717) is 13.2 Å². The fourth-order valence-corrected chi connectivity index (χ4v) is 2.62. The van der Waals surface area contributed by atoms with Crippen LogP contribution in [0.3, 0.4) is 0 Å². The van der Waals surface area contributed by atoms with E-state index in [2.05, 4.69) is 0 Å². The first-order chi connectivity index (χ1) is 7.19. The Morgan fingerprint density at radius 2 is 2.20 bits per heavy atom. The third kappa shape index (κ3) is 3.54. The van der Waals surface area contributed by atoms with Crippen LogP contribution in [0.2, 0.25) is 0 Å². The molecule has 1 atom stereocenters. The van der Waals surface area contributed by atoms with Crippen LogP contribution in [0, 0.1) is 0 Å². The Hall–Kier alpha value is -0.480. The molecule has 4 heteroatoms. The molecule has 3 nitrogen and oxygen atoms in total. The van der Waals surface area contributed by atoms with Gasteiger partial charge in [-0.05, 0) is 33.6 Å². The summed E-state index contributed by atoms with van der Waals surface area (Å²) in [5.41, 5.74) is 1.23. The third-order valence-electron chi connectivity index (χ3n) is 2.21. The summed E-state index contributed by atoms with van der Waals surface area (Å²) in [6, 6.07) is 0. The van der Waals surface area contributed by atoms with Gasteiger partial charge in [-0.25, -0.2) is 4.79 Å². The van der Waals surface area contributed by atoms with Crippen molar-refractivity contribution >= 4 is 17.7 Å². The summed E-state index contributed by atoms with van der Waals surface area (Å²) < 4.78 is 10.5. The van der Waals surface area contributed by atoms with Gasteiger partial charge in [0.25, 0.3) is 0 Å². The molecule has 0 amide bonds. The highest BCUT2D eigenvalue weighted by molar-refractivity contribution is 8.04. The van der Waals surface area contributed by atoms with Crippen molar-refractivity contribution in [3.63, 3.8) is 0 Å². The van der Waals surface area contributed by atoms with Crippen LogP contribution in [0.4, 0.5) is 0 Å². The molecule has 0 spiro atoms. The zero-order chi connectivity index (χ0) is 11.3. The highest BCUT2D eigenvalue weighted by atomic mass is 32.2. The topological polar surface area (TPSA) is 35.5 Å². The van der Waals surface area contributed by atoms with Crippen LogP contribution in [0.25, 0.3) is 0 Å². The van der Waals surface area contributed by atoms with Crippen LogP contribution in [-0.2, 0) is 14.3 Å². The lowest BCUT2D eigenvalue weighted by Crippen LogP contribution is -2.18. The van der Waals surface area contributed by atoms with E-state index in [0.717, 1.165) is 23.3 Å². The van der Waals surface area contributed by atoms with Gasteiger partial charge in [-0.15, -0.1) is 0 Å². The number of hydrogen-bond donors (Lipinski definition) is 0. The first kappa shape index (κ1) is 12.6. The van der Waals surface area contributed by atoms with Gasteiger partial charge >= 0.3 is 5.97 Å². The summed E-state index contributed by atoms with van der Waals surface area (Å²) in [7, 11) is 0. The Kier molecular flexibility index (Phi) is 5.19. The number of rotatable bonds is 4. The van der Waals surface area contributed by atoms with E-state index in [1.807, 2.05) is 20.8 Å². The Labute approximate surface area is 95.2 Å². The second kappa shape index (κ2) is 6.18. The van der Waals surface area contributed by atoms with Gasteiger partial charge in [0.05, 0.1) is 11.5 Å². The Morgan fingerprint density at radius 3 is 2.80 bits per heavy atom. The number of esters is 1. The van der Waals surface area contributed by atoms with Crippen molar-refractivity contribution in [3.8, 4) is 0 Å². The van der Waals surface area contributed by atoms with Crippen LogP contribution >= 0.6 is 11.8 Å². The summed E-state index contributed by atoms with van der Waals surface area (Å²) in [6.07, 6.45) is 1.90. The second-order valence-corrected chi connectivity index (χ2v) is 4.54. The van der Waals surface area contributed by atoms with Crippen LogP contribution < -0.4 is 0 Å². The van der Waals surface area contributed by atoms with Crippen molar-refractivity contribution in [1.29, 1.82) is 0 Å². The number of allylic oxidation sites excluding steroid dienone is 1. The second-order valence-electron chi connectivity index (χ2n) is 3.37. The molecule has 1 aliphatic heterocycles. The average molecular weight is 230 g/mol. The lowest BCUT2D eigenvalue weighted by atomic mass is 10.1. The minimum atomic E-state index is -0.204.